The molecule has 0 unspecified atom stereocenters. The Hall–Kier alpha value is -2.58. The van der Waals surface area contributed by atoms with Crippen molar-refractivity contribution in [1.82, 2.24) is 29.5 Å². The van der Waals surface area contributed by atoms with Gasteiger partial charge in [0.1, 0.15) is 0 Å². The number of hydrogen-bond acceptors (Lipinski definition) is 6. The van der Waals surface area contributed by atoms with Crippen molar-refractivity contribution < 1.29 is 4.79 Å². The molecule has 0 radical (unpaired) electrons. The second kappa shape index (κ2) is 9.92. The van der Waals surface area contributed by atoms with Gasteiger partial charge in [-0.2, -0.15) is 5.10 Å². The molecule has 0 aromatic carbocycles. The van der Waals surface area contributed by atoms with E-state index in [1.165, 1.54) is 0 Å². The Morgan fingerprint density at radius 2 is 1.94 bits per heavy atom. The summed E-state index contributed by atoms with van der Waals surface area (Å²) < 4.78 is 1.79. The molecule has 0 saturated heterocycles. The number of hydrogen-bond donors (Lipinski definition) is 0. The Bertz CT molecular complexity index is 1050. The minimum atomic E-state index is 0.0541. The number of rotatable bonds is 10. The number of likely N-dealkylation sites (N-methyl/N-ethyl adjacent to an activating group) is 2. The molecule has 0 atom stereocenters. The highest BCUT2D eigenvalue weighted by molar-refractivity contribution is 7.13. The number of carbonyl (C=O) groups excluding carboxylic acids is 1. The predicted octanol–water partition coefficient (Wildman–Crippen LogP) is 4.38. The Morgan fingerprint density at radius 3 is 2.56 bits per heavy atom. The van der Waals surface area contributed by atoms with Gasteiger partial charge < -0.3 is 9.80 Å². The van der Waals surface area contributed by atoms with Crippen LogP contribution in [0.2, 0.25) is 0 Å². The van der Waals surface area contributed by atoms with E-state index in [2.05, 4.69) is 40.3 Å². The van der Waals surface area contributed by atoms with Gasteiger partial charge in [0.05, 0.1) is 28.0 Å². The highest BCUT2D eigenvalue weighted by Gasteiger charge is 2.34. The summed E-state index contributed by atoms with van der Waals surface area (Å²) in [6.07, 6.45) is 5.70. The summed E-state index contributed by atoms with van der Waals surface area (Å²) in [5.41, 5.74) is 3.60. The fourth-order valence-electron chi connectivity index (χ4n) is 4.00. The fourth-order valence-corrected chi connectivity index (χ4v) is 4.78. The van der Waals surface area contributed by atoms with E-state index in [4.69, 9.17) is 4.98 Å². The molecule has 32 heavy (non-hydrogen) atoms. The van der Waals surface area contributed by atoms with Crippen molar-refractivity contribution in [3.8, 4) is 16.5 Å². The summed E-state index contributed by atoms with van der Waals surface area (Å²) >= 11 is 1.66. The lowest BCUT2D eigenvalue weighted by atomic mass is 10.1. The fraction of sp³-hybridized carbons (Fsp3) is 0.500. The first-order valence-electron chi connectivity index (χ1n) is 11.5. The van der Waals surface area contributed by atoms with Crippen molar-refractivity contribution >= 4 is 17.2 Å². The lowest BCUT2D eigenvalue weighted by Crippen LogP contribution is -2.38. The van der Waals surface area contributed by atoms with Crippen LogP contribution in [0.15, 0.2) is 29.9 Å². The summed E-state index contributed by atoms with van der Waals surface area (Å²) in [5.74, 6) is 0.928. The first kappa shape index (κ1) is 22.6. The van der Waals surface area contributed by atoms with E-state index in [0.717, 1.165) is 60.8 Å². The number of nitrogens with zero attached hydrogens (tertiary/aromatic N) is 6. The number of aromatic nitrogens is 4. The minimum Gasteiger partial charge on any atom is -0.338 e. The zero-order valence-corrected chi connectivity index (χ0v) is 20.2. The van der Waals surface area contributed by atoms with E-state index >= 15 is 0 Å². The molecule has 1 aliphatic carbocycles. The number of carbonyl (C=O) groups is 1. The van der Waals surface area contributed by atoms with Gasteiger partial charge >= 0.3 is 0 Å². The topological polar surface area (TPSA) is 67.2 Å². The van der Waals surface area contributed by atoms with Crippen molar-refractivity contribution in [2.24, 2.45) is 0 Å². The van der Waals surface area contributed by atoms with Gasteiger partial charge in [-0.05, 0) is 56.8 Å². The van der Waals surface area contributed by atoms with Crippen LogP contribution in [0, 0.1) is 6.92 Å². The molecule has 7 nitrogen and oxygen atoms in total. The quantitative estimate of drug-likeness (QED) is 0.457. The molecular formula is C24H32N6OS. The maximum Gasteiger partial charge on any atom is 0.257 e. The van der Waals surface area contributed by atoms with Gasteiger partial charge in [0.25, 0.3) is 11.9 Å². The SMILES string of the molecule is CCN(CC)CCN(CC)C(=O)c1cnn(-c2ncc(C)c(-c3cccs3)n2)c1C1CC1. The van der Waals surface area contributed by atoms with Gasteiger partial charge in [-0.15, -0.1) is 11.3 Å². The molecule has 1 fully saturated rings. The van der Waals surface area contributed by atoms with Gasteiger partial charge in [0.15, 0.2) is 0 Å². The summed E-state index contributed by atoms with van der Waals surface area (Å²) in [7, 11) is 0. The first-order valence-corrected chi connectivity index (χ1v) is 12.4. The van der Waals surface area contributed by atoms with Gasteiger partial charge in [-0.25, -0.2) is 14.6 Å². The molecule has 3 aromatic heterocycles. The third-order valence-corrected chi connectivity index (χ3v) is 7.03. The summed E-state index contributed by atoms with van der Waals surface area (Å²) in [6.45, 7) is 12.6. The second-order valence-corrected chi connectivity index (χ2v) is 9.17. The van der Waals surface area contributed by atoms with Crippen LogP contribution in [0.5, 0.6) is 0 Å². The van der Waals surface area contributed by atoms with E-state index in [-0.39, 0.29) is 5.91 Å². The molecule has 1 aliphatic rings. The van der Waals surface area contributed by atoms with Crippen LogP contribution in [-0.4, -0.2) is 68.2 Å². The van der Waals surface area contributed by atoms with Crippen LogP contribution in [0.3, 0.4) is 0 Å². The van der Waals surface area contributed by atoms with Crippen LogP contribution < -0.4 is 0 Å². The van der Waals surface area contributed by atoms with E-state index in [1.807, 2.05) is 31.0 Å². The maximum atomic E-state index is 13.5. The van der Waals surface area contributed by atoms with Crippen LogP contribution in [0.4, 0.5) is 0 Å². The molecule has 0 N–H and O–H groups in total. The monoisotopic (exact) mass is 452 g/mol. The molecular weight excluding hydrogens is 420 g/mol. The highest BCUT2D eigenvalue weighted by Crippen LogP contribution is 2.42. The van der Waals surface area contributed by atoms with Gasteiger partial charge in [0.2, 0.25) is 0 Å². The van der Waals surface area contributed by atoms with Crippen molar-refractivity contribution in [3.63, 3.8) is 0 Å². The number of amides is 1. The standard InChI is InChI=1S/C24H32N6OS/c1-5-28(6-2)12-13-29(7-3)23(31)19-16-26-30(22(19)18-10-11-18)24-25-15-17(4)21(27-24)20-9-8-14-32-20/h8-9,14-16,18H,5-7,10-13H2,1-4H3. The summed E-state index contributed by atoms with van der Waals surface area (Å²) in [5, 5.41) is 6.65. The number of thiophene rings is 1. The van der Waals surface area contributed by atoms with Crippen molar-refractivity contribution in [2.75, 3.05) is 32.7 Å². The summed E-state index contributed by atoms with van der Waals surface area (Å²) in [4.78, 5) is 28.3. The number of aryl methyl sites for hydroxylation is 1. The molecule has 1 amide bonds. The Balaban J connectivity index is 1.65. The van der Waals surface area contributed by atoms with Crippen molar-refractivity contribution in [1.29, 1.82) is 0 Å². The summed E-state index contributed by atoms with van der Waals surface area (Å²) in [6, 6.07) is 4.09. The highest BCUT2D eigenvalue weighted by atomic mass is 32.1. The molecule has 8 heteroatoms. The third kappa shape index (κ3) is 4.61. The lowest BCUT2D eigenvalue weighted by Gasteiger charge is -2.25. The van der Waals surface area contributed by atoms with E-state index in [9.17, 15) is 4.79 Å². The molecule has 0 aliphatic heterocycles. The third-order valence-electron chi connectivity index (χ3n) is 6.15. The van der Waals surface area contributed by atoms with E-state index in [0.29, 0.717) is 24.0 Å². The average Bonchev–Trinajstić information content (AvgIpc) is 3.32. The van der Waals surface area contributed by atoms with Crippen LogP contribution in [0.25, 0.3) is 16.5 Å². The van der Waals surface area contributed by atoms with Gasteiger partial charge in [-0.1, -0.05) is 19.9 Å². The van der Waals surface area contributed by atoms with Crippen molar-refractivity contribution in [2.45, 2.75) is 46.5 Å². The molecule has 4 rings (SSSR count). The molecule has 170 valence electrons. The Labute approximate surface area is 194 Å². The molecule has 3 aromatic rings. The van der Waals surface area contributed by atoms with Gasteiger partial charge in [-0.3, -0.25) is 4.79 Å². The molecule has 0 spiro atoms. The molecule has 0 bridgehead atoms. The van der Waals surface area contributed by atoms with Crippen LogP contribution >= 0.6 is 11.3 Å². The zero-order chi connectivity index (χ0) is 22.7. The minimum absolute atomic E-state index is 0.0541. The lowest BCUT2D eigenvalue weighted by molar-refractivity contribution is 0.0745. The smallest absolute Gasteiger partial charge is 0.257 e. The predicted molar refractivity (Wildman–Crippen MR) is 129 cm³/mol. The Kier molecular flexibility index (Phi) is 7.01. The first-order chi connectivity index (χ1) is 15.6. The molecule has 3 heterocycles. The van der Waals surface area contributed by atoms with Crippen LogP contribution in [0.1, 0.15) is 61.1 Å². The normalized spacial score (nSPS) is 13.7. The average molecular weight is 453 g/mol. The van der Waals surface area contributed by atoms with Crippen molar-refractivity contribution in [3.05, 3.63) is 46.7 Å². The van der Waals surface area contributed by atoms with E-state index < -0.39 is 0 Å². The largest absolute Gasteiger partial charge is 0.338 e. The van der Waals surface area contributed by atoms with Crippen LogP contribution in [-0.2, 0) is 0 Å². The van der Waals surface area contributed by atoms with E-state index in [1.54, 1.807) is 22.2 Å². The molecule has 1 saturated carbocycles. The van der Waals surface area contributed by atoms with Gasteiger partial charge in [0, 0.05) is 31.7 Å². The Morgan fingerprint density at radius 1 is 1.16 bits per heavy atom. The second-order valence-electron chi connectivity index (χ2n) is 8.22. The maximum absolute atomic E-state index is 13.5. The zero-order valence-electron chi connectivity index (χ0n) is 19.4.